The van der Waals surface area contributed by atoms with E-state index in [9.17, 15) is 9.59 Å². The summed E-state index contributed by atoms with van der Waals surface area (Å²) < 4.78 is 5.45. The van der Waals surface area contributed by atoms with Gasteiger partial charge in [-0.2, -0.15) is 0 Å². The van der Waals surface area contributed by atoms with Crippen molar-refractivity contribution in [1.29, 1.82) is 0 Å². The minimum atomic E-state index is -0.105. The lowest BCUT2D eigenvalue weighted by atomic mass is 10.0. The van der Waals surface area contributed by atoms with Gasteiger partial charge < -0.3 is 15.0 Å². The van der Waals surface area contributed by atoms with Crippen molar-refractivity contribution >= 4 is 11.8 Å². The lowest BCUT2D eigenvalue weighted by molar-refractivity contribution is 0.0729. The van der Waals surface area contributed by atoms with Crippen LogP contribution in [0.15, 0.2) is 42.5 Å². The van der Waals surface area contributed by atoms with Crippen molar-refractivity contribution < 1.29 is 14.3 Å². The summed E-state index contributed by atoms with van der Waals surface area (Å²) in [5, 5.41) is 2.62. The molecule has 5 heteroatoms. The van der Waals surface area contributed by atoms with Gasteiger partial charge in [0.05, 0.1) is 13.2 Å². The Hall–Kier alpha value is -2.66. The van der Waals surface area contributed by atoms with Crippen LogP contribution in [0.4, 0.5) is 0 Å². The molecule has 5 nitrogen and oxygen atoms in total. The monoisotopic (exact) mass is 350 g/mol. The normalized spacial score (nSPS) is 15.4. The quantitative estimate of drug-likeness (QED) is 0.902. The highest BCUT2D eigenvalue weighted by molar-refractivity contribution is 5.95. The van der Waals surface area contributed by atoms with Crippen molar-refractivity contribution in [2.75, 3.05) is 7.05 Å². The average molecular weight is 350 g/mol. The number of amides is 2. The van der Waals surface area contributed by atoms with Gasteiger partial charge in [0.25, 0.3) is 11.8 Å². The molecule has 0 atom stereocenters. The van der Waals surface area contributed by atoms with E-state index < -0.39 is 0 Å². The average Bonchev–Trinajstić information content (AvgIpc) is 3.41. The van der Waals surface area contributed by atoms with E-state index in [1.165, 1.54) is 5.56 Å². The predicted molar refractivity (Wildman–Crippen MR) is 97.7 cm³/mol. The van der Waals surface area contributed by atoms with Crippen LogP contribution in [0.3, 0.4) is 0 Å². The molecule has 2 aromatic carbocycles. The van der Waals surface area contributed by atoms with Gasteiger partial charge in [-0.3, -0.25) is 9.59 Å². The number of hydrogen-bond acceptors (Lipinski definition) is 3. The fourth-order valence-electron chi connectivity index (χ4n) is 3.33. The molecular weight excluding hydrogens is 328 g/mol. The summed E-state index contributed by atoms with van der Waals surface area (Å²) in [6.07, 6.45) is 2.10. The van der Waals surface area contributed by atoms with Crippen LogP contribution in [-0.4, -0.2) is 29.8 Å². The zero-order chi connectivity index (χ0) is 18.1. The molecule has 1 fully saturated rings. The van der Waals surface area contributed by atoms with Gasteiger partial charge in [-0.1, -0.05) is 18.2 Å². The molecule has 1 N–H and O–H groups in total. The van der Waals surface area contributed by atoms with Crippen molar-refractivity contribution in [2.24, 2.45) is 0 Å². The Bertz CT molecular complexity index is 841. The summed E-state index contributed by atoms with van der Waals surface area (Å²) >= 11 is 0. The van der Waals surface area contributed by atoms with Crippen LogP contribution < -0.4 is 5.32 Å². The van der Waals surface area contributed by atoms with Gasteiger partial charge in [0.2, 0.25) is 0 Å². The highest BCUT2D eigenvalue weighted by atomic mass is 16.5. The Morgan fingerprint density at radius 2 is 1.73 bits per heavy atom. The van der Waals surface area contributed by atoms with E-state index in [2.05, 4.69) is 5.32 Å². The standard InChI is InChI=1S/C21H22N2O3/c1-22-20(24)15-4-2-14(3-5-15)11-23(19-8-9-19)21(25)16-6-7-17-12-26-13-18(17)10-16/h2-7,10,19H,8-9,11-13H2,1H3,(H,22,24). The first kappa shape index (κ1) is 16.8. The van der Waals surface area contributed by atoms with E-state index in [1.807, 2.05) is 35.2 Å². The van der Waals surface area contributed by atoms with Crippen molar-refractivity contribution in [3.63, 3.8) is 0 Å². The van der Waals surface area contributed by atoms with Gasteiger partial charge in [-0.05, 0) is 53.8 Å². The van der Waals surface area contributed by atoms with E-state index in [1.54, 1.807) is 19.2 Å². The Labute approximate surface area is 153 Å². The fraction of sp³-hybridized carbons (Fsp3) is 0.333. The number of nitrogens with one attached hydrogen (secondary N) is 1. The van der Waals surface area contributed by atoms with Gasteiger partial charge in [0.1, 0.15) is 0 Å². The summed E-state index contributed by atoms with van der Waals surface area (Å²) in [5.41, 5.74) is 4.66. The lowest BCUT2D eigenvalue weighted by Crippen LogP contribution is -2.32. The number of nitrogens with zero attached hydrogens (tertiary/aromatic N) is 1. The van der Waals surface area contributed by atoms with E-state index in [0.29, 0.717) is 31.4 Å². The molecule has 1 aliphatic heterocycles. The maximum atomic E-state index is 13.1. The Morgan fingerprint density at radius 3 is 2.42 bits per heavy atom. The first-order valence-corrected chi connectivity index (χ1v) is 8.97. The minimum Gasteiger partial charge on any atom is -0.372 e. The second kappa shape index (κ2) is 6.92. The molecule has 4 rings (SSSR count). The molecule has 0 spiro atoms. The number of rotatable bonds is 5. The van der Waals surface area contributed by atoms with E-state index >= 15 is 0 Å². The summed E-state index contributed by atoms with van der Waals surface area (Å²) in [6, 6.07) is 13.6. The molecule has 0 aromatic heterocycles. The van der Waals surface area contributed by atoms with Crippen molar-refractivity contribution in [2.45, 2.75) is 38.6 Å². The smallest absolute Gasteiger partial charge is 0.254 e. The first-order chi connectivity index (χ1) is 12.7. The first-order valence-electron chi connectivity index (χ1n) is 8.97. The Morgan fingerprint density at radius 1 is 1.04 bits per heavy atom. The van der Waals surface area contributed by atoms with Gasteiger partial charge >= 0.3 is 0 Å². The summed E-state index contributed by atoms with van der Waals surface area (Å²) in [7, 11) is 1.62. The molecule has 26 heavy (non-hydrogen) atoms. The van der Waals surface area contributed by atoms with E-state index in [-0.39, 0.29) is 11.8 Å². The number of fused-ring (bicyclic) bond motifs is 1. The molecule has 1 saturated carbocycles. The second-order valence-electron chi connectivity index (χ2n) is 6.92. The van der Waals surface area contributed by atoms with Gasteiger partial charge in [-0.15, -0.1) is 0 Å². The second-order valence-corrected chi connectivity index (χ2v) is 6.92. The summed E-state index contributed by atoms with van der Waals surface area (Å²) in [6.45, 7) is 1.78. The van der Waals surface area contributed by atoms with Crippen molar-refractivity contribution in [3.8, 4) is 0 Å². The molecule has 0 radical (unpaired) electrons. The van der Waals surface area contributed by atoms with Gasteiger partial charge in [0.15, 0.2) is 0 Å². The lowest BCUT2D eigenvalue weighted by Gasteiger charge is -2.23. The van der Waals surface area contributed by atoms with Crippen LogP contribution in [0.5, 0.6) is 0 Å². The van der Waals surface area contributed by atoms with Crippen molar-refractivity contribution in [1.82, 2.24) is 10.2 Å². The van der Waals surface area contributed by atoms with Crippen LogP contribution in [0, 0.1) is 0 Å². The Balaban J connectivity index is 1.52. The molecule has 2 aromatic rings. The van der Waals surface area contributed by atoms with Crippen LogP contribution >= 0.6 is 0 Å². The third-order valence-corrected chi connectivity index (χ3v) is 5.01. The van der Waals surface area contributed by atoms with E-state index in [0.717, 1.165) is 29.5 Å². The number of benzene rings is 2. The highest BCUT2D eigenvalue weighted by Gasteiger charge is 2.33. The molecule has 0 saturated heterocycles. The van der Waals surface area contributed by atoms with E-state index in [4.69, 9.17) is 4.74 Å². The van der Waals surface area contributed by atoms with Crippen molar-refractivity contribution in [3.05, 3.63) is 70.3 Å². The van der Waals surface area contributed by atoms with Crippen LogP contribution in [0.25, 0.3) is 0 Å². The molecular formula is C21H22N2O3. The third-order valence-electron chi connectivity index (χ3n) is 5.01. The largest absolute Gasteiger partial charge is 0.372 e. The van der Waals surface area contributed by atoms with Gasteiger partial charge in [0, 0.05) is 30.8 Å². The zero-order valence-electron chi connectivity index (χ0n) is 14.8. The number of hydrogen-bond donors (Lipinski definition) is 1. The molecule has 0 bridgehead atoms. The third kappa shape index (κ3) is 3.35. The molecule has 134 valence electrons. The highest BCUT2D eigenvalue weighted by Crippen LogP contribution is 2.31. The summed E-state index contributed by atoms with van der Waals surface area (Å²) in [5.74, 6) is -0.0374. The Kier molecular flexibility index (Phi) is 4.47. The summed E-state index contributed by atoms with van der Waals surface area (Å²) in [4.78, 5) is 26.7. The number of carbonyl (C=O) groups excluding carboxylic acids is 2. The number of carbonyl (C=O) groups is 2. The van der Waals surface area contributed by atoms with Crippen LogP contribution in [0.2, 0.25) is 0 Å². The number of ether oxygens (including phenoxy) is 1. The van der Waals surface area contributed by atoms with Crippen LogP contribution in [0.1, 0.15) is 50.2 Å². The molecule has 2 aliphatic rings. The van der Waals surface area contributed by atoms with Crippen LogP contribution in [-0.2, 0) is 24.5 Å². The molecule has 0 unspecified atom stereocenters. The molecule has 2 amide bonds. The van der Waals surface area contributed by atoms with Gasteiger partial charge in [-0.25, -0.2) is 0 Å². The fourth-order valence-corrected chi connectivity index (χ4v) is 3.33. The molecule has 1 aliphatic carbocycles. The maximum Gasteiger partial charge on any atom is 0.254 e. The predicted octanol–water partition coefficient (Wildman–Crippen LogP) is 2.88. The zero-order valence-corrected chi connectivity index (χ0v) is 14.8. The SMILES string of the molecule is CNC(=O)c1ccc(CN(C(=O)c2ccc3c(c2)COC3)C2CC2)cc1. The maximum absolute atomic E-state index is 13.1. The minimum absolute atomic E-state index is 0.0672. The topological polar surface area (TPSA) is 58.6 Å². The molecule has 1 heterocycles.